The fourth-order valence-corrected chi connectivity index (χ4v) is 5.37. The van der Waals surface area contributed by atoms with E-state index in [1.165, 1.54) is 21.9 Å². The predicted molar refractivity (Wildman–Crippen MR) is 138 cm³/mol. The molecule has 1 amide bonds. The summed E-state index contributed by atoms with van der Waals surface area (Å²) in [5.74, 6) is 1.04. The molecule has 3 aromatic carbocycles. The van der Waals surface area contributed by atoms with Crippen LogP contribution in [0, 0.1) is 0 Å². The van der Waals surface area contributed by atoms with Crippen LogP contribution < -0.4 is 19.9 Å². The second-order valence-electron chi connectivity index (χ2n) is 8.22. The molecule has 178 valence electrons. The minimum absolute atomic E-state index is 0.0128. The van der Waals surface area contributed by atoms with Gasteiger partial charge < -0.3 is 14.4 Å². The Hall–Kier alpha value is -3.78. The van der Waals surface area contributed by atoms with Crippen LogP contribution in [-0.4, -0.2) is 41.5 Å². The fraction of sp³-hybridized carbons (Fsp3) is 0.222. The largest absolute Gasteiger partial charge is 0.493 e. The number of benzene rings is 3. The van der Waals surface area contributed by atoms with Crippen molar-refractivity contribution < 1.29 is 14.3 Å². The van der Waals surface area contributed by atoms with Crippen LogP contribution in [0.15, 0.2) is 76.7 Å². The first-order valence-electron chi connectivity index (χ1n) is 11.3. The summed E-state index contributed by atoms with van der Waals surface area (Å²) in [6.07, 6.45) is 0.837. The highest BCUT2D eigenvalue weighted by Gasteiger charge is 2.29. The van der Waals surface area contributed by atoms with E-state index in [4.69, 9.17) is 14.5 Å². The first-order chi connectivity index (χ1) is 17.0. The number of thioether (sulfide) groups is 1. The monoisotopic (exact) mass is 487 g/mol. The van der Waals surface area contributed by atoms with Gasteiger partial charge in [0, 0.05) is 18.3 Å². The second-order valence-corrected chi connectivity index (χ2v) is 9.53. The average Bonchev–Trinajstić information content (AvgIpc) is 3.32. The first-order valence-corrected chi connectivity index (χ1v) is 12.2. The zero-order valence-corrected chi connectivity index (χ0v) is 20.5. The summed E-state index contributed by atoms with van der Waals surface area (Å²) < 4.78 is 12.4. The highest BCUT2D eigenvalue weighted by molar-refractivity contribution is 8.00. The van der Waals surface area contributed by atoms with E-state index >= 15 is 0 Å². The molecule has 0 unspecified atom stereocenters. The summed E-state index contributed by atoms with van der Waals surface area (Å²) in [7, 11) is 3.11. The number of nitrogens with zero attached hydrogens (tertiary/aromatic N) is 3. The molecule has 0 saturated heterocycles. The maximum Gasteiger partial charge on any atom is 0.266 e. The third kappa shape index (κ3) is 4.14. The van der Waals surface area contributed by atoms with Gasteiger partial charge in [0.15, 0.2) is 16.7 Å². The molecule has 2 heterocycles. The van der Waals surface area contributed by atoms with E-state index < -0.39 is 5.25 Å². The van der Waals surface area contributed by atoms with Gasteiger partial charge in [-0.3, -0.25) is 14.2 Å². The van der Waals surface area contributed by atoms with Crippen LogP contribution in [0.3, 0.4) is 0 Å². The summed E-state index contributed by atoms with van der Waals surface area (Å²) in [4.78, 5) is 33.7. The lowest BCUT2D eigenvalue weighted by atomic mass is 10.2. The van der Waals surface area contributed by atoms with Gasteiger partial charge in [0.2, 0.25) is 5.91 Å². The van der Waals surface area contributed by atoms with Crippen LogP contribution in [0.2, 0.25) is 0 Å². The molecule has 0 spiro atoms. The number of para-hydroxylation sites is 2. The van der Waals surface area contributed by atoms with Crippen molar-refractivity contribution in [2.24, 2.45) is 0 Å². The highest BCUT2D eigenvalue weighted by Crippen LogP contribution is 2.34. The van der Waals surface area contributed by atoms with Crippen LogP contribution >= 0.6 is 11.8 Å². The number of hydrogen-bond acceptors (Lipinski definition) is 6. The van der Waals surface area contributed by atoms with Crippen molar-refractivity contribution in [3.8, 4) is 17.2 Å². The molecule has 0 radical (unpaired) electrons. The van der Waals surface area contributed by atoms with Crippen LogP contribution in [0.25, 0.3) is 16.6 Å². The van der Waals surface area contributed by atoms with Crippen LogP contribution in [0.4, 0.5) is 5.69 Å². The van der Waals surface area contributed by atoms with Gasteiger partial charge in [-0.05, 0) is 49.2 Å². The normalized spacial score (nSPS) is 13.5. The lowest BCUT2D eigenvalue weighted by Gasteiger charge is -2.22. The smallest absolute Gasteiger partial charge is 0.266 e. The Bertz CT molecular complexity index is 1480. The van der Waals surface area contributed by atoms with Gasteiger partial charge in [-0.15, -0.1) is 0 Å². The number of carbonyl (C=O) groups excluding carboxylic acids is 1. The molecule has 1 aliphatic rings. The maximum atomic E-state index is 13.6. The van der Waals surface area contributed by atoms with E-state index in [0.717, 1.165) is 12.1 Å². The van der Waals surface area contributed by atoms with Crippen LogP contribution in [0.1, 0.15) is 12.5 Å². The van der Waals surface area contributed by atoms with Gasteiger partial charge in [-0.2, -0.15) is 0 Å². The van der Waals surface area contributed by atoms with Gasteiger partial charge in [-0.1, -0.05) is 42.1 Å². The number of methoxy groups -OCH3 is 2. The van der Waals surface area contributed by atoms with Gasteiger partial charge in [0.25, 0.3) is 5.56 Å². The molecule has 7 nitrogen and oxygen atoms in total. The molecule has 5 rings (SSSR count). The molecule has 0 bridgehead atoms. The number of anilines is 1. The average molecular weight is 488 g/mol. The van der Waals surface area contributed by atoms with E-state index in [1.807, 2.05) is 48.2 Å². The topological polar surface area (TPSA) is 73.7 Å². The molecule has 4 aromatic rings. The van der Waals surface area contributed by atoms with Crippen molar-refractivity contribution in [2.45, 2.75) is 23.8 Å². The first kappa shape index (κ1) is 23.0. The summed E-state index contributed by atoms with van der Waals surface area (Å²) in [6, 6.07) is 20.5. The molecular formula is C27H25N3O4S. The Labute approximate surface area is 207 Å². The molecule has 0 fully saturated rings. The summed E-state index contributed by atoms with van der Waals surface area (Å²) in [5, 5.41) is 0.481. The SMILES string of the molecule is COc1ccc(-n2c(S[C@H](C)C(=O)N3CCc4ccccc43)nc3ccccc3c2=O)cc1OC. The molecule has 0 N–H and O–H groups in total. The number of ether oxygens (including phenoxy) is 2. The highest BCUT2D eigenvalue weighted by atomic mass is 32.2. The van der Waals surface area contributed by atoms with E-state index in [-0.39, 0.29) is 11.5 Å². The number of hydrogen-bond donors (Lipinski definition) is 0. The fourth-order valence-electron chi connectivity index (χ4n) is 4.38. The number of rotatable bonds is 6. The van der Waals surface area contributed by atoms with Crippen LogP contribution in [-0.2, 0) is 11.2 Å². The molecule has 8 heteroatoms. The molecular weight excluding hydrogens is 462 g/mol. The van der Waals surface area contributed by atoms with Crippen molar-refractivity contribution >= 4 is 34.3 Å². The van der Waals surface area contributed by atoms with Crippen molar-refractivity contribution in [1.82, 2.24) is 9.55 Å². The van der Waals surface area contributed by atoms with Gasteiger partial charge in [0.1, 0.15) is 0 Å². The molecule has 0 saturated carbocycles. The van der Waals surface area contributed by atoms with Crippen molar-refractivity contribution in [1.29, 1.82) is 0 Å². The third-order valence-corrected chi connectivity index (χ3v) is 7.19. The zero-order valence-electron chi connectivity index (χ0n) is 19.7. The van der Waals surface area contributed by atoms with E-state index in [9.17, 15) is 9.59 Å². The Morgan fingerprint density at radius 3 is 2.54 bits per heavy atom. The Kier molecular flexibility index (Phi) is 6.21. The number of amides is 1. The molecule has 35 heavy (non-hydrogen) atoms. The lowest BCUT2D eigenvalue weighted by Crippen LogP contribution is -2.35. The minimum Gasteiger partial charge on any atom is -0.493 e. The van der Waals surface area contributed by atoms with E-state index in [0.29, 0.717) is 39.8 Å². The Morgan fingerprint density at radius 1 is 1.00 bits per heavy atom. The maximum absolute atomic E-state index is 13.6. The molecule has 0 aliphatic carbocycles. The van der Waals surface area contributed by atoms with Crippen molar-refractivity contribution in [3.63, 3.8) is 0 Å². The van der Waals surface area contributed by atoms with Crippen molar-refractivity contribution in [2.75, 3.05) is 25.7 Å². The lowest BCUT2D eigenvalue weighted by molar-refractivity contribution is -0.117. The summed E-state index contributed by atoms with van der Waals surface area (Å²) >= 11 is 1.28. The quantitative estimate of drug-likeness (QED) is 0.295. The van der Waals surface area contributed by atoms with Crippen LogP contribution in [0.5, 0.6) is 11.5 Å². The predicted octanol–water partition coefficient (Wildman–Crippen LogP) is 4.47. The number of carbonyl (C=O) groups is 1. The van der Waals surface area contributed by atoms with Gasteiger partial charge in [-0.25, -0.2) is 4.98 Å². The van der Waals surface area contributed by atoms with Crippen molar-refractivity contribution in [3.05, 3.63) is 82.6 Å². The van der Waals surface area contributed by atoms with Gasteiger partial charge in [0.05, 0.1) is 36.1 Å². The van der Waals surface area contributed by atoms with Gasteiger partial charge >= 0.3 is 0 Å². The molecule has 1 aromatic heterocycles. The molecule has 1 atom stereocenters. The molecule has 1 aliphatic heterocycles. The number of aromatic nitrogens is 2. The zero-order chi connectivity index (χ0) is 24.5. The Balaban J connectivity index is 1.57. The minimum atomic E-state index is -0.458. The standard InChI is InChI=1S/C27H25N3O4S/c1-17(25(31)29-15-14-18-8-4-7-11-22(18)29)35-27-28-21-10-6-5-9-20(21)26(32)30(27)19-12-13-23(33-2)24(16-19)34-3/h4-13,16-17H,14-15H2,1-3H3/t17-/m1/s1. The third-order valence-electron chi connectivity index (χ3n) is 6.15. The van der Waals surface area contributed by atoms with E-state index in [1.54, 1.807) is 38.5 Å². The Morgan fingerprint density at radius 2 is 1.74 bits per heavy atom. The number of fused-ring (bicyclic) bond motifs is 2. The summed E-state index contributed by atoms with van der Waals surface area (Å²) in [5.41, 5.74) is 3.08. The second kappa shape index (κ2) is 9.46. The summed E-state index contributed by atoms with van der Waals surface area (Å²) in [6.45, 7) is 2.50. The van der Waals surface area contributed by atoms with E-state index in [2.05, 4.69) is 6.07 Å².